The third kappa shape index (κ3) is 2.84. The van der Waals surface area contributed by atoms with Gasteiger partial charge in [-0.1, -0.05) is 6.92 Å². The van der Waals surface area contributed by atoms with Crippen LogP contribution in [0.5, 0.6) is 11.6 Å². The molecule has 4 nitrogen and oxygen atoms in total. The number of aromatic nitrogens is 2. The van der Waals surface area contributed by atoms with Crippen LogP contribution in [0.1, 0.15) is 23.9 Å². The molecule has 1 N–H and O–H groups in total. The molecule has 4 heteroatoms. The Morgan fingerprint density at radius 2 is 2.06 bits per heavy atom. The van der Waals surface area contributed by atoms with Crippen LogP contribution in [-0.4, -0.2) is 15.1 Å². The number of aliphatic hydroxyl groups is 1. The molecular weight excluding hydrogens is 228 g/mol. The van der Waals surface area contributed by atoms with Crippen molar-refractivity contribution >= 4 is 0 Å². The lowest BCUT2D eigenvalue weighted by Gasteiger charge is -2.09. The van der Waals surface area contributed by atoms with Crippen molar-refractivity contribution in [2.45, 2.75) is 26.9 Å². The maximum Gasteiger partial charge on any atom is 0.219 e. The molecule has 0 bridgehead atoms. The monoisotopic (exact) mass is 244 g/mol. The van der Waals surface area contributed by atoms with Crippen molar-refractivity contribution in [3.05, 3.63) is 47.4 Å². The number of rotatable bonds is 4. The van der Waals surface area contributed by atoms with E-state index in [2.05, 4.69) is 9.97 Å². The highest BCUT2D eigenvalue weighted by Crippen LogP contribution is 2.23. The van der Waals surface area contributed by atoms with Crippen LogP contribution in [0.4, 0.5) is 0 Å². The maximum atomic E-state index is 8.94. The van der Waals surface area contributed by atoms with Crippen LogP contribution >= 0.6 is 0 Å². The summed E-state index contributed by atoms with van der Waals surface area (Å²) < 4.78 is 5.70. The smallest absolute Gasteiger partial charge is 0.219 e. The topological polar surface area (TPSA) is 55.2 Å². The lowest BCUT2D eigenvalue weighted by atomic mass is 10.2. The van der Waals surface area contributed by atoms with E-state index in [1.54, 1.807) is 18.3 Å². The SMILES string of the molecule is CCc1nc(C)ccc1Oc1ccc(CO)cn1. The summed E-state index contributed by atoms with van der Waals surface area (Å²) in [6, 6.07) is 7.35. The summed E-state index contributed by atoms with van der Waals surface area (Å²) in [7, 11) is 0. The minimum absolute atomic E-state index is 0.0143. The van der Waals surface area contributed by atoms with Crippen molar-refractivity contribution in [2.24, 2.45) is 0 Å². The van der Waals surface area contributed by atoms with Crippen LogP contribution < -0.4 is 4.74 Å². The number of hydrogen-bond donors (Lipinski definition) is 1. The number of aliphatic hydroxyl groups excluding tert-OH is 1. The number of pyridine rings is 2. The second-order valence-corrected chi connectivity index (χ2v) is 4.02. The van der Waals surface area contributed by atoms with Gasteiger partial charge in [-0.05, 0) is 37.1 Å². The van der Waals surface area contributed by atoms with Crippen molar-refractivity contribution < 1.29 is 9.84 Å². The molecule has 18 heavy (non-hydrogen) atoms. The first-order valence-corrected chi connectivity index (χ1v) is 5.93. The molecule has 2 aromatic heterocycles. The Morgan fingerprint density at radius 1 is 1.22 bits per heavy atom. The van der Waals surface area contributed by atoms with Gasteiger partial charge in [-0.3, -0.25) is 4.98 Å². The van der Waals surface area contributed by atoms with Crippen molar-refractivity contribution in [1.82, 2.24) is 9.97 Å². The summed E-state index contributed by atoms with van der Waals surface area (Å²) in [5.74, 6) is 1.24. The Hall–Kier alpha value is -1.94. The maximum absolute atomic E-state index is 8.94. The zero-order valence-electron chi connectivity index (χ0n) is 10.6. The fourth-order valence-electron chi connectivity index (χ4n) is 1.62. The molecule has 0 aliphatic rings. The summed E-state index contributed by atoms with van der Waals surface area (Å²) in [5, 5.41) is 8.94. The average Bonchev–Trinajstić information content (AvgIpc) is 2.41. The first kappa shape index (κ1) is 12.5. The summed E-state index contributed by atoms with van der Waals surface area (Å²) >= 11 is 0. The Balaban J connectivity index is 2.22. The van der Waals surface area contributed by atoms with Crippen molar-refractivity contribution in [1.29, 1.82) is 0 Å². The van der Waals surface area contributed by atoms with Crippen LogP contribution in [-0.2, 0) is 13.0 Å². The molecule has 0 unspecified atom stereocenters. The molecule has 0 saturated heterocycles. The molecule has 2 rings (SSSR count). The highest BCUT2D eigenvalue weighted by atomic mass is 16.5. The first-order valence-electron chi connectivity index (χ1n) is 5.93. The largest absolute Gasteiger partial charge is 0.437 e. The van der Waals surface area contributed by atoms with Gasteiger partial charge < -0.3 is 9.84 Å². The fourth-order valence-corrected chi connectivity index (χ4v) is 1.62. The average molecular weight is 244 g/mol. The first-order chi connectivity index (χ1) is 8.72. The van der Waals surface area contributed by atoms with Crippen LogP contribution in [0.2, 0.25) is 0 Å². The van der Waals surface area contributed by atoms with Crippen molar-refractivity contribution in [2.75, 3.05) is 0 Å². The lowest BCUT2D eigenvalue weighted by molar-refractivity contribution is 0.281. The quantitative estimate of drug-likeness (QED) is 0.898. The number of ether oxygens (including phenoxy) is 1. The van der Waals surface area contributed by atoms with E-state index in [9.17, 15) is 0 Å². The molecule has 0 fully saturated rings. The van der Waals surface area contributed by atoms with Gasteiger partial charge in [0.2, 0.25) is 5.88 Å². The second-order valence-electron chi connectivity index (χ2n) is 4.02. The number of aryl methyl sites for hydroxylation is 2. The molecule has 0 aromatic carbocycles. The normalized spacial score (nSPS) is 10.4. The predicted molar refractivity (Wildman–Crippen MR) is 68.6 cm³/mol. The van der Waals surface area contributed by atoms with Crippen LogP contribution in [0.25, 0.3) is 0 Å². The highest BCUT2D eigenvalue weighted by Gasteiger charge is 2.06. The van der Waals surface area contributed by atoms with Crippen LogP contribution in [0.3, 0.4) is 0 Å². The minimum atomic E-state index is -0.0143. The standard InChI is InChI=1S/C14H16N2O2/c1-3-12-13(6-4-10(2)16-12)18-14-7-5-11(9-17)8-15-14/h4-8,17H,3,9H2,1-2H3. The summed E-state index contributed by atoms with van der Waals surface area (Å²) in [5.41, 5.74) is 2.66. The summed E-state index contributed by atoms with van der Waals surface area (Å²) in [6.45, 7) is 3.98. The molecule has 0 aliphatic heterocycles. The Labute approximate surface area is 106 Å². The third-order valence-corrected chi connectivity index (χ3v) is 2.60. The molecule has 2 aromatic rings. The van der Waals surface area contributed by atoms with Gasteiger partial charge in [-0.2, -0.15) is 0 Å². The van der Waals surface area contributed by atoms with Gasteiger partial charge in [0.1, 0.15) is 0 Å². The Kier molecular flexibility index (Phi) is 3.89. The van der Waals surface area contributed by atoms with E-state index in [-0.39, 0.29) is 6.61 Å². The van der Waals surface area contributed by atoms with E-state index in [0.717, 1.165) is 29.1 Å². The van der Waals surface area contributed by atoms with E-state index in [0.29, 0.717) is 5.88 Å². The van der Waals surface area contributed by atoms with Gasteiger partial charge in [0.15, 0.2) is 5.75 Å². The van der Waals surface area contributed by atoms with Gasteiger partial charge in [-0.25, -0.2) is 4.98 Å². The van der Waals surface area contributed by atoms with E-state index in [1.807, 2.05) is 26.0 Å². The van der Waals surface area contributed by atoms with E-state index in [4.69, 9.17) is 9.84 Å². The highest BCUT2D eigenvalue weighted by molar-refractivity contribution is 5.33. The third-order valence-electron chi connectivity index (χ3n) is 2.60. The second kappa shape index (κ2) is 5.60. The predicted octanol–water partition coefficient (Wildman–Crippen LogP) is 2.63. The van der Waals surface area contributed by atoms with Crippen molar-refractivity contribution in [3.63, 3.8) is 0 Å². The van der Waals surface area contributed by atoms with Crippen LogP contribution in [0, 0.1) is 6.92 Å². The van der Waals surface area contributed by atoms with E-state index < -0.39 is 0 Å². The molecule has 2 heterocycles. The van der Waals surface area contributed by atoms with Gasteiger partial charge in [0.05, 0.1) is 12.3 Å². The molecule has 0 atom stereocenters. The van der Waals surface area contributed by atoms with E-state index >= 15 is 0 Å². The zero-order valence-corrected chi connectivity index (χ0v) is 10.6. The van der Waals surface area contributed by atoms with Crippen molar-refractivity contribution in [3.8, 4) is 11.6 Å². The molecule has 0 saturated carbocycles. The van der Waals surface area contributed by atoms with Crippen LogP contribution in [0.15, 0.2) is 30.5 Å². The van der Waals surface area contributed by atoms with E-state index in [1.165, 1.54) is 0 Å². The molecule has 0 radical (unpaired) electrons. The number of nitrogens with zero attached hydrogens (tertiary/aromatic N) is 2. The molecule has 94 valence electrons. The molecule has 0 spiro atoms. The van der Waals surface area contributed by atoms with Gasteiger partial charge >= 0.3 is 0 Å². The summed E-state index contributed by atoms with van der Waals surface area (Å²) in [6.07, 6.45) is 2.41. The number of hydrogen-bond acceptors (Lipinski definition) is 4. The van der Waals surface area contributed by atoms with Gasteiger partial charge in [0.25, 0.3) is 0 Å². The van der Waals surface area contributed by atoms with Gasteiger partial charge in [-0.15, -0.1) is 0 Å². The Bertz CT molecular complexity index is 524. The minimum Gasteiger partial charge on any atom is -0.437 e. The van der Waals surface area contributed by atoms with Gasteiger partial charge in [0, 0.05) is 18.0 Å². The Morgan fingerprint density at radius 3 is 2.67 bits per heavy atom. The lowest BCUT2D eigenvalue weighted by Crippen LogP contribution is -1.97. The summed E-state index contributed by atoms with van der Waals surface area (Å²) in [4.78, 5) is 8.56. The molecular formula is C14H16N2O2. The fraction of sp³-hybridized carbons (Fsp3) is 0.286. The molecule has 0 aliphatic carbocycles. The zero-order chi connectivity index (χ0) is 13.0. The molecule has 0 amide bonds.